The molecule has 0 spiro atoms. The maximum atomic E-state index is 12.1. The maximum absolute atomic E-state index is 12.1. The van der Waals surface area contributed by atoms with Crippen LogP contribution in [0.3, 0.4) is 0 Å². The summed E-state index contributed by atoms with van der Waals surface area (Å²) in [5.41, 5.74) is 2.18. The summed E-state index contributed by atoms with van der Waals surface area (Å²) in [7, 11) is 0. The number of hydrogen-bond donors (Lipinski definition) is 2. The minimum atomic E-state index is -0.516. The van der Waals surface area contributed by atoms with Crippen LogP contribution in [0.2, 0.25) is 0 Å². The lowest BCUT2D eigenvalue weighted by Crippen LogP contribution is -2.34. The number of amides is 2. The lowest BCUT2D eigenvalue weighted by Gasteiger charge is -2.23. The molecule has 26 heavy (non-hydrogen) atoms. The van der Waals surface area contributed by atoms with Gasteiger partial charge in [0, 0.05) is 10.4 Å². The van der Waals surface area contributed by atoms with Gasteiger partial charge in [0.15, 0.2) is 17.0 Å². The molecule has 0 bridgehead atoms. The molecule has 2 aromatic heterocycles. The highest BCUT2D eigenvalue weighted by Crippen LogP contribution is 2.37. The fourth-order valence-corrected chi connectivity index (χ4v) is 3.47. The molecule has 0 fully saturated rings. The molecule has 0 saturated heterocycles. The predicted octanol–water partition coefficient (Wildman–Crippen LogP) is 3.68. The van der Waals surface area contributed by atoms with Gasteiger partial charge in [0.2, 0.25) is 0 Å². The van der Waals surface area contributed by atoms with E-state index in [9.17, 15) is 9.59 Å². The van der Waals surface area contributed by atoms with Gasteiger partial charge in [-0.25, -0.2) is 4.98 Å². The molecule has 2 N–H and O–H groups in total. The molecule has 7 nitrogen and oxygen atoms in total. The Hall–Kier alpha value is -3.13. The average molecular weight is 369 g/mol. The van der Waals surface area contributed by atoms with Gasteiger partial charge in [-0.2, -0.15) is 0 Å². The summed E-state index contributed by atoms with van der Waals surface area (Å²) in [5.74, 6) is 0.314. The van der Waals surface area contributed by atoms with Gasteiger partial charge in [-0.05, 0) is 44.2 Å². The fourth-order valence-electron chi connectivity index (χ4n) is 2.64. The van der Waals surface area contributed by atoms with Crippen molar-refractivity contribution in [3.8, 4) is 17.0 Å². The molecule has 3 heterocycles. The highest BCUT2D eigenvalue weighted by atomic mass is 32.1. The minimum absolute atomic E-state index is 0.184. The van der Waals surface area contributed by atoms with Gasteiger partial charge in [0.1, 0.15) is 5.75 Å². The van der Waals surface area contributed by atoms with E-state index in [0.717, 1.165) is 16.1 Å². The Morgan fingerprint density at radius 1 is 1.35 bits per heavy atom. The second kappa shape index (κ2) is 6.30. The molecular weight excluding hydrogens is 354 g/mol. The SMILES string of the molecule is Cc1sc(NC(=O)c2ccco2)nc1-c1ccc2c(c1)NC(=O)[C@@H](C)O2. The highest BCUT2D eigenvalue weighted by molar-refractivity contribution is 7.16. The number of aryl methyl sites for hydroxylation is 1. The molecule has 0 unspecified atom stereocenters. The summed E-state index contributed by atoms with van der Waals surface area (Å²) in [6.07, 6.45) is 0.926. The number of hydrogen-bond acceptors (Lipinski definition) is 6. The summed E-state index contributed by atoms with van der Waals surface area (Å²) in [4.78, 5) is 29.3. The van der Waals surface area contributed by atoms with Gasteiger partial charge >= 0.3 is 0 Å². The standard InChI is InChI=1S/C18H15N3O4S/c1-9-16(22)19-12-8-11(5-6-13(12)25-9)15-10(2)26-18(20-15)21-17(23)14-4-3-7-24-14/h3-9H,1-2H3,(H,19,22)(H,20,21,23)/t9-/m1/s1. The number of thiazole rings is 1. The molecule has 1 aromatic carbocycles. The summed E-state index contributed by atoms with van der Waals surface area (Å²) < 4.78 is 10.6. The Morgan fingerprint density at radius 3 is 2.96 bits per heavy atom. The van der Waals surface area contributed by atoms with Gasteiger partial charge in [-0.3, -0.25) is 14.9 Å². The van der Waals surface area contributed by atoms with Crippen LogP contribution >= 0.6 is 11.3 Å². The van der Waals surface area contributed by atoms with E-state index in [0.29, 0.717) is 16.6 Å². The van der Waals surface area contributed by atoms with E-state index in [2.05, 4.69) is 15.6 Å². The van der Waals surface area contributed by atoms with Gasteiger partial charge in [0.25, 0.3) is 11.8 Å². The van der Waals surface area contributed by atoms with Crippen molar-refractivity contribution in [1.82, 2.24) is 4.98 Å². The zero-order chi connectivity index (χ0) is 18.3. The fraction of sp³-hybridized carbons (Fsp3) is 0.167. The third-order valence-electron chi connectivity index (χ3n) is 3.95. The van der Waals surface area contributed by atoms with E-state index in [1.807, 2.05) is 19.1 Å². The molecule has 1 aliphatic rings. The quantitative estimate of drug-likeness (QED) is 0.734. The van der Waals surface area contributed by atoms with Crippen LogP contribution in [0.4, 0.5) is 10.8 Å². The van der Waals surface area contributed by atoms with Crippen LogP contribution in [-0.2, 0) is 4.79 Å². The van der Waals surface area contributed by atoms with Crippen LogP contribution in [0.25, 0.3) is 11.3 Å². The number of anilines is 2. The minimum Gasteiger partial charge on any atom is -0.479 e. The van der Waals surface area contributed by atoms with E-state index in [1.165, 1.54) is 17.6 Å². The number of benzene rings is 1. The van der Waals surface area contributed by atoms with Crippen LogP contribution in [0.1, 0.15) is 22.4 Å². The van der Waals surface area contributed by atoms with Gasteiger partial charge in [0.05, 0.1) is 17.6 Å². The van der Waals surface area contributed by atoms with Crippen molar-refractivity contribution in [1.29, 1.82) is 0 Å². The number of fused-ring (bicyclic) bond motifs is 1. The lowest BCUT2D eigenvalue weighted by molar-refractivity contribution is -0.122. The number of aromatic nitrogens is 1. The number of furan rings is 1. The van der Waals surface area contributed by atoms with E-state index in [-0.39, 0.29) is 17.6 Å². The maximum Gasteiger partial charge on any atom is 0.293 e. The van der Waals surface area contributed by atoms with Crippen molar-refractivity contribution in [3.63, 3.8) is 0 Å². The van der Waals surface area contributed by atoms with Crippen molar-refractivity contribution >= 4 is 34.0 Å². The topological polar surface area (TPSA) is 93.5 Å². The van der Waals surface area contributed by atoms with E-state index >= 15 is 0 Å². The first-order valence-corrected chi connectivity index (χ1v) is 8.77. The Labute approximate surface area is 153 Å². The van der Waals surface area contributed by atoms with Crippen molar-refractivity contribution in [2.24, 2.45) is 0 Å². The zero-order valence-corrected chi connectivity index (χ0v) is 14.8. The molecule has 8 heteroatoms. The van der Waals surface area contributed by atoms with Crippen molar-refractivity contribution in [2.45, 2.75) is 20.0 Å². The van der Waals surface area contributed by atoms with Gasteiger partial charge < -0.3 is 14.5 Å². The highest BCUT2D eigenvalue weighted by Gasteiger charge is 2.24. The molecule has 1 atom stereocenters. The van der Waals surface area contributed by atoms with Crippen LogP contribution in [0, 0.1) is 6.92 Å². The second-order valence-corrected chi connectivity index (χ2v) is 7.02. The third kappa shape index (κ3) is 2.95. The van der Waals surface area contributed by atoms with Crippen LogP contribution in [0.5, 0.6) is 5.75 Å². The number of nitrogens with zero attached hydrogens (tertiary/aromatic N) is 1. The molecule has 132 valence electrons. The summed E-state index contributed by atoms with van der Waals surface area (Å²) in [6, 6.07) is 8.74. The molecule has 0 radical (unpaired) electrons. The van der Waals surface area contributed by atoms with Crippen molar-refractivity contribution in [2.75, 3.05) is 10.6 Å². The summed E-state index contributed by atoms with van der Waals surface area (Å²) in [6.45, 7) is 3.62. The normalized spacial score (nSPS) is 15.8. The zero-order valence-electron chi connectivity index (χ0n) is 14.0. The molecular formula is C18H15N3O4S. The largest absolute Gasteiger partial charge is 0.479 e. The smallest absolute Gasteiger partial charge is 0.293 e. The van der Waals surface area contributed by atoms with Crippen LogP contribution in [-0.4, -0.2) is 22.9 Å². The Morgan fingerprint density at radius 2 is 2.19 bits per heavy atom. The van der Waals surface area contributed by atoms with E-state index in [1.54, 1.807) is 25.1 Å². The van der Waals surface area contributed by atoms with Gasteiger partial charge in [-0.1, -0.05) is 0 Å². The Kier molecular flexibility index (Phi) is 3.96. The third-order valence-corrected chi connectivity index (χ3v) is 4.83. The Balaban J connectivity index is 1.61. The molecule has 2 amide bonds. The number of ether oxygens (including phenoxy) is 1. The molecule has 0 aliphatic carbocycles. The van der Waals surface area contributed by atoms with Gasteiger partial charge in [-0.15, -0.1) is 11.3 Å². The number of carbonyl (C=O) groups excluding carboxylic acids is 2. The van der Waals surface area contributed by atoms with E-state index in [4.69, 9.17) is 9.15 Å². The first kappa shape index (κ1) is 16.3. The molecule has 3 aromatic rings. The monoisotopic (exact) mass is 369 g/mol. The van der Waals surface area contributed by atoms with E-state index < -0.39 is 6.10 Å². The van der Waals surface area contributed by atoms with Crippen molar-refractivity contribution < 1.29 is 18.7 Å². The predicted molar refractivity (Wildman–Crippen MR) is 97.7 cm³/mol. The molecule has 0 saturated carbocycles. The molecule has 1 aliphatic heterocycles. The second-order valence-electron chi connectivity index (χ2n) is 5.82. The van der Waals surface area contributed by atoms with Crippen LogP contribution in [0.15, 0.2) is 41.0 Å². The Bertz CT molecular complexity index is 994. The lowest BCUT2D eigenvalue weighted by atomic mass is 10.1. The molecule has 4 rings (SSSR count). The number of nitrogens with one attached hydrogen (secondary N) is 2. The van der Waals surface area contributed by atoms with Crippen molar-refractivity contribution in [3.05, 3.63) is 47.2 Å². The number of rotatable bonds is 3. The average Bonchev–Trinajstić information content (AvgIpc) is 3.25. The summed E-state index contributed by atoms with van der Waals surface area (Å²) in [5, 5.41) is 6.03. The first-order valence-electron chi connectivity index (χ1n) is 7.95. The first-order chi connectivity index (χ1) is 12.5. The van der Waals surface area contributed by atoms with Crippen LogP contribution < -0.4 is 15.4 Å². The summed E-state index contributed by atoms with van der Waals surface area (Å²) >= 11 is 1.37. The number of carbonyl (C=O) groups is 2.